The zero-order valence-electron chi connectivity index (χ0n) is 15.0. The summed E-state index contributed by atoms with van der Waals surface area (Å²) >= 11 is 0. The summed E-state index contributed by atoms with van der Waals surface area (Å²) in [6.07, 6.45) is 1.78. The van der Waals surface area contributed by atoms with Crippen LogP contribution in [-0.2, 0) is 19.1 Å². The van der Waals surface area contributed by atoms with Crippen LogP contribution in [0.4, 0.5) is 0 Å². The average molecular weight is 347 g/mol. The number of hydrogen-bond donors (Lipinski definition) is 1. The van der Waals surface area contributed by atoms with E-state index in [1.807, 2.05) is 19.9 Å². The van der Waals surface area contributed by atoms with Gasteiger partial charge in [-0.3, -0.25) is 4.79 Å². The first kappa shape index (κ1) is 20.4. The first-order chi connectivity index (χ1) is 11.8. The van der Waals surface area contributed by atoms with Crippen LogP contribution in [0, 0.1) is 5.92 Å². The average Bonchev–Trinajstić information content (AvgIpc) is 2.56. The van der Waals surface area contributed by atoms with Gasteiger partial charge >= 0.3 is 11.9 Å². The van der Waals surface area contributed by atoms with Gasteiger partial charge in [-0.2, -0.15) is 0 Å². The summed E-state index contributed by atoms with van der Waals surface area (Å²) in [6.45, 7) is 7.28. The zero-order valence-corrected chi connectivity index (χ0v) is 15.0. The maximum atomic E-state index is 12.2. The van der Waals surface area contributed by atoms with E-state index in [0.29, 0.717) is 5.56 Å². The van der Waals surface area contributed by atoms with Crippen molar-refractivity contribution >= 4 is 17.8 Å². The lowest BCUT2D eigenvalue weighted by Gasteiger charge is -2.21. The van der Waals surface area contributed by atoms with E-state index < -0.39 is 11.9 Å². The van der Waals surface area contributed by atoms with Crippen LogP contribution in [0.1, 0.15) is 38.1 Å². The van der Waals surface area contributed by atoms with Gasteiger partial charge in [0.2, 0.25) is 0 Å². The van der Waals surface area contributed by atoms with E-state index in [-0.39, 0.29) is 30.6 Å². The van der Waals surface area contributed by atoms with Crippen LogP contribution in [-0.4, -0.2) is 36.6 Å². The fourth-order valence-electron chi connectivity index (χ4n) is 1.87. The minimum Gasteiger partial charge on any atom is -0.460 e. The summed E-state index contributed by atoms with van der Waals surface area (Å²) in [5.74, 6) is -1.44. The molecule has 1 rings (SSSR count). The molecule has 0 spiro atoms. The molecule has 0 saturated heterocycles. The van der Waals surface area contributed by atoms with Gasteiger partial charge in [-0.1, -0.05) is 32.0 Å². The summed E-state index contributed by atoms with van der Waals surface area (Å²) in [5.41, 5.74) is 0.538. The molecule has 1 amide bonds. The van der Waals surface area contributed by atoms with Gasteiger partial charge in [-0.25, -0.2) is 9.59 Å². The van der Waals surface area contributed by atoms with Crippen molar-refractivity contribution in [3.05, 3.63) is 48.0 Å². The Labute approximate surface area is 148 Å². The Kier molecular flexibility index (Phi) is 8.39. The lowest BCUT2D eigenvalue weighted by Crippen LogP contribution is -2.42. The molecular weight excluding hydrogens is 322 g/mol. The van der Waals surface area contributed by atoms with Crippen molar-refractivity contribution in [3.63, 3.8) is 0 Å². The number of ether oxygens (including phenoxy) is 2. The highest BCUT2D eigenvalue weighted by atomic mass is 16.5. The largest absolute Gasteiger partial charge is 0.460 e. The monoisotopic (exact) mass is 347 g/mol. The number of hydrogen-bond acceptors (Lipinski definition) is 5. The number of benzene rings is 1. The molecule has 0 aliphatic heterocycles. The molecule has 0 fully saturated rings. The fraction of sp³-hybridized carbons (Fsp3) is 0.421. The predicted octanol–water partition coefficient (Wildman–Crippen LogP) is 2.49. The second-order valence-electron chi connectivity index (χ2n) is 6.14. The Hall–Kier alpha value is -2.63. The third-order valence-electron chi connectivity index (χ3n) is 3.27. The van der Waals surface area contributed by atoms with Crippen molar-refractivity contribution < 1.29 is 23.9 Å². The Morgan fingerprint density at radius 2 is 1.60 bits per heavy atom. The first-order valence-electron chi connectivity index (χ1n) is 8.21. The third-order valence-corrected chi connectivity index (χ3v) is 3.27. The lowest BCUT2D eigenvalue weighted by molar-refractivity contribution is -0.143. The molecule has 0 radical (unpaired) electrons. The normalized spacial score (nSPS) is 12.2. The molecule has 0 aliphatic carbocycles. The zero-order chi connectivity index (χ0) is 18.8. The summed E-state index contributed by atoms with van der Waals surface area (Å²) < 4.78 is 9.98. The number of carbonyl (C=O) groups is 3. The van der Waals surface area contributed by atoms with E-state index >= 15 is 0 Å². The van der Waals surface area contributed by atoms with Crippen LogP contribution in [0.15, 0.2) is 42.5 Å². The van der Waals surface area contributed by atoms with E-state index in [0.717, 1.165) is 12.2 Å². The number of amides is 1. The topological polar surface area (TPSA) is 81.7 Å². The fourth-order valence-corrected chi connectivity index (χ4v) is 1.87. The molecular formula is C19H25NO5. The van der Waals surface area contributed by atoms with Gasteiger partial charge in [-0.05, 0) is 31.9 Å². The summed E-state index contributed by atoms with van der Waals surface area (Å²) in [6, 6.07) is 8.46. The van der Waals surface area contributed by atoms with Gasteiger partial charge in [0.25, 0.3) is 5.91 Å². The number of nitrogens with one attached hydrogen (secondary N) is 1. The van der Waals surface area contributed by atoms with Gasteiger partial charge in [0.1, 0.15) is 6.61 Å². The van der Waals surface area contributed by atoms with Crippen molar-refractivity contribution in [1.29, 1.82) is 0 Å². The Morgan fingerprint density at radius 1 is 1.00 bits per heavy atom. The molecule has 1 aromatic carbocycles. The molecule has 0 bridgehead atoms. The molecule has 1 aromatic rings. The number of rotatable bonds is 8. The van der Waals surface area contributed by atoms with E-state index in [2.05, 4.69) is 5.32 Å². The molecule has 1 N–H and O–H groups in total. The van der Waals surface area contributed by atoms with E-state index in [9.17, 15) is 14.4 Å². The smallest absolute Gasteiger partial charge is 0.331 e. The van der Waals surface area contributed by atoms with Crippen LogP contribution >= 0.6 is 0 Å². The van der Waals surface area contributed by atoms with Crippen LogP contribution < -0.4 is 5.32 Å². The molecule has 6 nitrogen and oxygen atoms in total. The lowest BCUT2D eigenvalue weighted by atomic mass is 10.0. The molecule has 1 atom stereocenters. The number of esters is 2. The Morgan fingerprint density at radius 3 is 2.16 bits per heavy atom. The predicted molar refractivity (Wildman–Crippen MR) is 93.9 cm³/mol. The van der Waals surface area contributed by atoms with Crippen molar-refractivity contribution in [3.8, 4) is 0 Å². The molecule has 6 heteroatoms. The van der Waals surface area contributed by atoms with Gasteiger partial charge in [0.05, 0.1) is 12.1 Å². The SMILES string of the molecule is CC(C)OC(=O)/C=C/C(=O)OCC(NC(=O)c1ccccc1)C(C)C. The highest BCUT2D eigenvalue weighted by Crippen LogP contribution is 2.06. The van der Waals surface area contributed by atoms with Crippen LogP contribution in [0.25, 0.3) is 0 Å². The van der Waals surface area contributed by atoms with Crippen molar-refractivity contribution in [1.82, 2.24) is 5.32 Å². The molecule has 0 saturated carbocycles. The van der Waals surface area contributed by atoms with E-state index in [1.54, 1.807) is 38.1 Å². The third kappa shape index (κ3) is 8.15. The summed E-state index contributed by atoms with van der Waals surface area (Å²) in [4.78, 5) is 35.2. The van der Waals surface area contributed by atoms with E-state index in [4.69, 9.17) is 9.47 Å². The van der Waals surface area contributed by atoms with Gasteiger partial charge in [-0.15, -0.1) is 0 Å². The second kappa shape index (κ2) is 10.3. The first-order valence-corrected chi connectivity index (χ1v) is 8.21. The summed E-state index contributed by atoms with van der Waals surface area (Å²) in [7, 11) is 0. The molecule has 25 heavy (non-hydrogen) atoms. The minimum absolute atomic E-state index is 0.0125. The van der Waals surface area contributed by atoms with Crippen LogP contribution in [0.3, 0.4) is 0 Å². The summed E-state index contributed by atoms with van der Waals surface area (Å²) in [5, 5.41) is 2.85. The number of carbonyl (C=O) groups excluding carboxylic acids is 3. The minimum atomic E-state index is -0.666. The van der Waals surface area contributed by atoms with Crippen molar-refractivity contribution in [2.75, 3.05) is 6.61 Å². The highest BCUT2D eigenvalue weighted by Gasteiger charge is 2.18. The van der Waals surface area contributed by atoms with Gasteiger partial charge in [0, 0.05) is 17.7 Å². The quantitative estimate of drug-likeness (QED) is 0.577. The van der Waals surface area contributed by atoms with Gasteiger partial charge < -0.3 is 14.8 Å². The van der Waals surface area contributed by atoms with Crippen LogP contribution in [0.5, 0.6) is 0 Å². The molecule has 1 unspecified atom stereocenters. The highest BCUT2D eigenvalue weighted by molar-refractivity contribution is 5.94. The van der Waals surface area contributed by atoms with Crippen LogP contribution in [0.2, 0.25) is 0 Å². The Balaban J connectivity index is 2.53. The van der Waals surface area contributed by atoms with Crippen molar-refractivity contribution in [2.45, 2.75) is 39.8 Å². The van der Waals surface area contributed by atoms with Gasteiger partial charge in [0.15, 0.2) is 0 Å². The standard InChI is InChI=1S/C19H25NO5/c1-13(2)16(20-19(23)15-8-6-5-7-9-15)12-24-17(21)10-11-18(22)25-14(3)4/h5-11,13-14,16H,12H2,1-4H3,(H,20,23)/b11-10+. The maximum Gasteiger partial charge on any atom is 0.331 e. The second-order valence-corrected chi connectivity index (χ2v) is 6.14. The molecule has 136 valence electrons. The molecule has 0 aliphatic rings. The van der Waals surface area contributed by atoms with Crippen molar-refractivity contribution in [2.24, 2.45) is 5.92 Å². The Bertz CT molecular complexity index is 608. The molecule has 0 heterocycles. The maximum absolute atomic E-state index is 12.2. The molecule has 0 aromatic heterocycles. The van der Waals surface area contributed by atoms with E-state index in [1.165, 1.54) is 0 Å².